The van der Waals surface area contributed by atoms with Crippen molar-refractivity contribution in [2.45, 2.75) is 0 Å². The van der Waals surface area contributed by atoms with Crippen LogP contribution in [0.5, 0.6) is 0 Å². The molecule has 0 amide bonds. The standard InChI is InChI=1S/C70H42/c1-5-19-43(20-6-1)49-28-15-16-29-50(49)48-36-38-53-60(41-48)55-32-18-33-57-67(55)61(53)42-62-63(46-24-9-3-10-25-46)69-58-34-17-31-54-56(39-40-59(66(54)58)70(69)64(68(57)62)47-26-11-4-12-27-47)65-51-30-14-13-23-45(51)35-37-52(65)44-21-7-2-8-22-44/h1-42H. The summed E-state index contributed by atoms with van der Waals surface area (Å²) in [7, 11) is 0. The molecule has 0 aliphatic carbocycles. The van der Waals surface area contributed by atoms with Crippen LogP contribution in [-0.4, -0.2) is 0 Å². The summed E-state index contributed by atoms with van der Waals surface area (Å²) in [4.78, 5) is 0. The minimum Gasteiger partial charge on any atom is -0.0622 e. The molecule has 15 aromatic rings. The van der Waals surface area contributed by atoms with E-state index in [0.717, 1.165) is 0 Å². The van der Waals surface area contributed by atoms with Crippen LogP contribution in [0.15, 0.2) is 255 Å². The number of hydrogen-bond acceptors (Lipinski definition) is 0. The fraction of sp³-hybridized carbons (Fsp3) is 0. The van der Waals surface area contributed by atoms with Crippen LogP contribution in [0, 0.1) is 0 Å². The van der Waals surface area contributed by atoms with Gasteiger partial charge in [0.25, 0.3) is 0 Å². The van der Waals surface area contributed by atoms with Crippen LogP contribution in [0.3, 0.4) is 0 Å². The fourth-order valence-electron chi connectivity index (χ4n) is 12.5. The van der Waals surface area contributed by atoms with Gasteiger partial charge in [0.15, 0.2) is 0 Å². The summed E-state index contributed by atoms with van der Waals surface area (Å²) in [5, 5.41) is 20.7. The predicted octanol–water partition coefficient (Wildman–Crippen LogP) is 19.8. The zero-order valence-electron chi connectivity index (χ0n) is 38.2. The SMILES string of the molecule is c1ccc(-c2ccccc2-c2ccc3c(c2)c2cccc4c5c(-c6ccccc6)c6c7ccc(-c8c(-c9ccccc9)ccc9ccccc89)c8cccc(c6c(-c6ccccc6)c5cc3c24)c87)cc1. The smallest absolute Gasteiger partial charge is 0.000719 e. The van der Waals surface area contributed by atoms with Gasteiger partial charge in [-0.15, -0.1) is 0 Å². The molecule has 0 saturated carbocycles. The molecule has 0 saturated heterocycles. The van der Waals surface area contributed by atoms with Crippen LogP contribution in [0.4, 0.5) is 0 Å². The largest absolute Gasteiger partial charge is 0.0622 e. The Morgan fingerprint density at radius 3 is 1.36 bits per heavy atom. The van der Waals surface area contributed by atoms with Gasteiger partial charge in [-0.3, -0.25) is 0 Å². The van der Waals surface area contributed by atoms with E-state index in [9.17, 15) is 0 Å². The zero-order valence-corrected chi connectivity index (χ0v) is 38.2. The van der Waals surface area contributed by atoms with Gasteiger partial charge in [-0.25, -0.2) is 0 Å². The summed E-state index contributed by atoms with van der Waals surface area (Å²) in [6.45, 7) is 0. The molecule has 0 aliphatic heterocycles. The molecule has 15 aromatic carbocycles. The molecule has 0 heteroatoms. The van der Waals surface area contributed by atoms with E-state index in [1.54, 1.807) is 0 Å². The molecule has 0 aromatic heterocycles. The normalized spacial score (nSPS) is 12.0. The molecule has 0 unspecified atom stereocenters. The third-order valence-corrected chi connectivity index (χ3v) is 15.3. The third kappa shape index (κ3) is 5.59. The molecule has 0 N–H and O–H groups in total. The average molecular weight is 883 g/mol. The highest BCUT2D eigenvalue weighted by Gasteiger charge is 2.28. The highest BCUT2D eigenvalue weighted by Crippen LogP contribution is 2.56. The predicted molar refractivity (Wildman–Crippen MR) is 301 cm³/mol. The molecule has 70 heavy (non-hydrogen) atoms. The van der Waals surface area contributed by atoms with Crippen LogP contribution < -0.4 is 0 Å². The highest BCUT2D eigenvalue weighted by atomic mass is 14.3. The summed E-state index contributed by atoms with van der Waals surface area (Å²) in [5.41, 5.74) is 15.0. The van der Waals surface area contributed by atoms with Gasteiger partial charge in [0.2, 0.25) is 0 Å². The van der Waals surface area contributed by atoms with Crippen molar-refractivity contribution in [3.63, 3.8) is 0 Å². The lowest BCUT2D eigenvalue weighted by Crippen LogP contribution is -1.91. The molecule has 0 radical (unpaired) electrons. The minimum atomic E-state index is 1.22. The quantitative estimate of drug-likeness (QED) is 0.146. The monoisotopic (exact) mass is 882 g/mol. The van der Waals surface area contributed by atoms with E-state index >= 15 is 0 Å². The van der Waals surface area contributed by atoms with Crippen molar-refractivity contribution in [3.8, 4) is 66.8 Å². The number of fused-ring (bicyclic) bond motifs is 9. The lowest BCUT2D eigenvalue weighted by atomic mass is 9.84. The van der Waals surface area contributed by atoms with Gasteiger partial charge in [-0.05, 0) is 165 Å². The lowest BCUT2D eigenvalue weighted by molar-refractivity contribution is 1.60. The first-order chi connectivity index (χ1) is 34.8. The van der Waals surface area contributed by atoms with E-state index in [1.807, 2.05) is 0 Å². The highest BCUT2D eigenvalue weighted by molar-refractivity contribution is 6.45. The van der Waals surface area contributed by atoms with Crippen molar-refractivity contribution < 1.29 is 0 Å². The Balaban J connectivity index is 1.10. The van der Waals surface area contributed by atoms with E-state index in [1.165, 1.54) is 153 Å². The van der Waals surface area contributed by atoms with E-state index in [-0.39, 0.29) is 0 Å². The summed E-state index contributed by atoms with van der Waals surface area (Å²) < 4.78 is 0. The van der Waals surface area contributed by atoms with Gasteiger partial charge in [-0.2, -0.15) is 0 Å². The third-order valence-electron chi connectivity index (χ3n) is 15.3. The van der Waals surface area contributed by atoms with Crippen LogP contribution >= 0.6 is 0 Å². The lowest BCUT2D eigenvalue weighted by Gasteiger charge is -2.19. The molecule has 0 heterocycles. The molecular weight excluding hydrogens is 841 g/mol. The van der Waals surface area contributed by atoms with Crippen molar-refractivity contribution >= 4 is 86.2 Å². The number of rotatable bonds is 6. The van der Waals surface area contributed by atoms with Crippen molar-refractivity contribution in [1.82, 2.24) is 0 Å². The Morgan fingerprint density at radius 1 is 0.157 bits per heavy atom. The van der Waals surface area contributed by atoms with Crippen LogP contribution in [0.2, 0.25) is 0 Å². The first-order valence-electron chi connectivity index (χ1n) is 24.4. The van der Waals surface area contributed by atoms with Crippen molar-refractivity contribution in [2.75, 3.05) is 0 Å². The molecule has 15 rings (SSSR count). The molecule has 0 bridgehead atoms. The Morgan fingerprint density at radius 2 is 0.643 bits per heavy atom. The second kappa shape index (κ2) is 15.2. The maximum Gasteiger partial charge on any atom is -0.000719 e. The first-order valence-corrected chi connectivity index (χ1v) is 24.4. The van der Waals surface area contributed by atoms with Gasteiger partial charge in [0.05, 0.1) is 0 Å². The summed E-state index contributed by atoms with van der Waals surface area (Å²) in [5.74, 6) is 0. The second-order valence-corrected chi connectivity index (χ2v) is 18.9. The van der Waals surface area contributed by atoms with Gasteiger partial charge < -0.3 is 0 Å². The molecular formula is C70H42. The molecule has 0 spiro atoms. The van der Waals surface area contributed by atoms with Gasteiger partial charge in [0, 0.05) is 0 Å². The van der Waals surface area contributed by atoms with Gasteiger partial charge in [-0.1, -0.05) is 243 Å². The Labute approximate surface area is 405 Å². The Kier molecular flexibility index (Phi) is 8.46. The Hall–Kier alpha value is -9.10. The second-order valence-electron chi connectivity index (χ2n) is 18.9. The van der Waals surface area contributed by atoms with Crippen LogP contribution in [-0.2, 0) is 0 Å². The van der Waals surface area contributed by atoms with E-state index < -0.39 is 0 Å². The van der Waals surface area contributed by atoms with E-state index in [0.29, 0.717) is 0 Å². The van der Waals surface area contributed by atoms with Crippen LogP contribution in [0.25, 0.3) is 153 Å². The van der Waals surface area contributed by atoms with Crippen molar-refractivity contribution in [1.29, 1.82) is 0 Å². The zero-order chi connectivity index (χ0) is 45.9. The van der Waals surface area contributed by atoms with Crippen molar-refractivity contribution in [2.24, 2.45) is 0 Å². The number of hydrogen-bond donors (Lipinski definition) is 0. The maximum absolute atomic E-state index is 2.55. The van der Waals surface area contributed by atoms with Gasteiger partial charge >= 0.3 is 0 Å². The summed E-state index contributed by atoms with van der Waals surface area (Å²) >= 11 is 0. The van der Waals surface area contributed by atoms with E-state index in [2.05, 4.69) is 255 Å². The molecule has 0 atom stereocenters. The summed E-state index contributed by atoms with van der Waals surface area (Å²) in [6, 6.07) is 95.0. The maximum atomic E-state index is 2.55. The summed E-state index contributed by atoms with van der Waals surface area (Å²) in [6.07, 6.45) is 0. The molecule has 322 valence electrons. The van der Waals surface area contributed by atoms with E-state index in [4.69, 9.17) is 0 Å². The minimum absolute atomic E-state index is 1.22. The topological polar surface area (TPSA) is 0 Å². The van der Waals surface area contributed by atoms with Crippen LogP contribution in [0.1, 0.15) is 0 Å². The molecule has 0 aliphatic rings. The molecule has 0 fully saturated rings. The fourth-order valence-corrected chi connectivity index (χ4v) is 12.5. The Bertz CT molecular complexity index is 4530. The number of benzene rings is 13. The molecule has 0 nitrogen and oxygen atoms in total. The van der Waals surface area contributed by atoms with Crippen molar-refractivity contribution in [3.05, 3.63) is 255 Å². The first kappa shape index (κ1) is 38.9. The van der Waals surface area contributed by atoms with Gasteiger partial charge in [0.1, 0.15) is 0 Å². The average Bonchev–Trinajstić information content (AvgIpc) is 3.94.